The topological polar surface area (TPSA) is 32.3 Å². The van der Waals surface area contributed by atoms with Crippen LogP contribution in [0.5, 0.6) is 0 Å². The van der Waals surface area contributed by atoms with Gasteiger partial charge in [-0.1, -0.05) is 11.6 Å². The molecule has 1 aromatic carbocycles. The van der Waals surface area contributed by atoms with E-state index in [9.17, 15) is 4.79 Å². The van der Waals surface area contributed by atoms with Crippen molar-refractivity contribution in [1.82, 2.24) is 10.2 Å². The van der Waals surface area contributed by atoms with Gasteiger partial charge >= 0.3 is 0 Å². The van der Waals surface area contributed by atoms with Crippen molar-refractivity contribution in [3.63, 3.8) is 0 Å². The molecule has 3 nitrogen and oxygen atoms in total. The Morgan fingerprint density at radius 3 is 3.00 bits per heavy atom. The van der Waals surface area contributed by atoms with Crippen LogP contribution in [0.2, 0.25) is 5.02 Å². The summed E-state index contributed by atoms with van der Waals surface area (Å²) in [6, 6.07) is 5.54. The molecule has 1 aromatic rings. The first-order valence-corrected chi connectivity index (χ1v) is 6.73. The molecule has 1 saturated heterocycles. The second kappa shape index (κ2) is 5.38. The predicted octanol–water partition coefficient (Wildman–Crippen LogP) is 2.54. The summed E-state index contributed by atoms with van der Waals surface area (Å²) in [7, 11) is 0. The van der Waals surface area contributed by atoms with Crippen LogP contribution in [-0.2, 0) is 0 Å². The average molecular weight is 318 g/mol. The van der Waals surface area contributed by atoms with Gasteiger partial charge in [0.05, 0.1) is 5.02 Å². The quantitative estimate of drug-likeness (QED) is 0.863. The minimum atomic E-state index is 0.0494. The first-order valence-electron chi connectivity index (χ1n) is 5.56. The Morgan fingerprint density at radius 1 is 1.59 bits per heavy atom. The van der Waals surface area contributed by atoms with E-state index in [1.807, 2.05) is 17.9 Å². The zero-order valence-corrected chi connectivity index (χ0v) is 11.9. The highest BCUT2D eigenvalue weighted by Gasteiger charge is 2.24. The lowest BCUT2D eigenvalue weighted by molar-refractivity contribution is 0.0656. The maximum atomic E-state index is 12.3. The molecule has 17 heavy (non-hydrogen) atoms. The van der Waals surface area contributed by atoms with E-state index in [0.717, 1.165) is 24.1 Å². The molecule has 0 spiro atoms. The fourth-order valence-electron chi connectivity index (χ4n) is 1.94. The van der Waals surface area contributed by atoms with Crippen LogP contribution in [0.3, 0.4) is 0 Å². The zero-order valence-electron chi connectivity index (χ0n) is 9.54. The van der Waals surface area contributed by atoms with Crippen molar-refractivity contribution < 1.29 is 4.79 Å². The fourth-order valence-corrected chi connectivity index (χ4v) is 2.36. The third-order valence-electron chi connectivity index (χ3n) is 2.93. The molecule has 0 unspecified atom stereocenters. The van der Waals surface area contributed by atoms with E-state index >= 15 is 0 Å². The second-order valence-corrected chi connectivity index (χ2v) is 5.44. The fraction of sp³-hybridized carbons (Fsp3) is 0.417. The monoisotopic (exact) mass is 316 g/mol. The van der Waals surface area contributed by atoms with E-state index < -0.39 is 0 Å². The summed E-state index contributed by atoms with van der Waals surface area (Å²) in [6.45, 7) is 4.48. The normalized spacial score (nSPS) is 20.4. The largest absolute Gasteiger partial charge is 0.333 e. The third-order valence-corrected chi connectivity index (χ3v) is 4.16. The average Bonchev–Trinajstić information content (AvgIpc) is 2.32. The number of halogens is 2. The number of hydrogen-bond donors (Lipinski definition) is 1. The van der Waals surface area contributed by atoms with Crippen LogP contribution in [0.1, 0.15) is 17.3 Å². The number of piperazine rings is 1. The highest BCUT2D eigenvalue weighted by molar-refractivity contribution is 9.10. The summed E-state index contributed by atoms with van der Waals surface area (Å²) in [5.41, 5.74) is 0.645. The van der Waals surface area contributed by atoms with Crippen LogP contribution in [0.15, 0.2) is 22.7 Å². The number of rotatable bonds is 1. The van der Waals surface area contributed by atoms with Crippen molar-refractivity contribution in [3.8, 4) is 0 Å². The van der Waals surface area contributed by atoms with Crippen LogP contribution in [-0.4, -0.2) is 36.5 Å². The Labute approximate surface area is 114 Å². The first-order chi connectivity index (χ1) is 8.09. The van der Waals surface area contributed by atoms with Gasteiger partial charge < -0.3 is 10.2 Å². The molecule has 0 aliphatic carbocycles. The minimum absolute atomic E-state index is 0.0494. The minimum Gasteiger partial charge on any atom is -0.333 e. The molecule has 2 rings (SSSR count). The number of carbonyl (C=O) groups is 1. The Balaban J connectivity index is 2.21. The summed E-state index contributed by atoms with van der Waals surface area (Å²) in [5.74, 6) is 0.0494. The van der Waals surface area contributed by atoms with Crippen LogP contribution in [0.4, 0.5) is 0 Å². The number of carbonyl (C=O) groups excluding carboxylic acids is 1. The van der Waals surface area contributed by atoms with E-state index in [1.165, 1.54) is 0 Å². The van der Waals surface area contributed by atoms with Crippen LogP contribution < -0.4 is 5.32 Å². The maximum Gasteiger partial charge on any atom is 0.254 e. The van der Waals surface area contributed by atoms with E-state index in [2.05, 4.69) is 21.2 Å². The van der Waals surface area contributed by atoms with Crippen molar-refractivity contribution in [3.05, 3.63) is 33.3 Å². The summed E-state index contributed by atoms with van der Waals surface area (Å²) >= 11 is 9.32. The Hall–Kier alpha value is -0.580. The number of hydrogen-bond acceptors (Lipinski definition) is 2. The van der Waals surface area contributed by atoms with E-state index in [1.54, 1.807) is 12.1 Å². The molecular formula is C12H14BrClN2O. The predicted molar refractivity (Wildman–Crippen MR) is 72.5 cm³/mol. The molecule has 0 aromatic heterocycles. The Morgan fingerprint density at radius 2 is 2.35 bits per heavy atom. The first kappa shape index (κ1) is 12.9. The molecule has 0 bridgehead atoms. The van der Waals surface area contributed by atoms with Gasteiger partial charge in [0.25, 0.3) is 5.91 Å². The van der Waals surface area contributed by atoms with Gasteiger partial charge in [0.15, 0.2) is 0 Å². The molecule has 1 aliphatic rings. The summed E-state index contributed by atoms with van der Waals surface area (Å²) in [5, 5.41) is 3.83. The van der Waals surface area contributed by atoms with Crippen molar-refractivity contribution in [1.29, 1.82) is 0 Å². The number of benzene rings is 1. The molecule has 0 saturated carbocycles. The number of amides is 1. The van der Waals surface area contributed by atoms with Gasteiger partial charge in [0.2, 0.25) is 0 Å². The molecule has 1 heterocycles. The van der Waals surface area contributed by atoms with E-state index in [4.69, 9.17) is 11.6 Å². The lowest BCUT2D eigenvalue weighted by atomic mass is 10.1. The summed E-state index contributed by atoms with van der Waals surface area (Å²) < 4.78 is 0.809. The van der Waals surface area contributed by atoms with Gasteiger partial charge in [-0.15, -0.1) is 0 Å². The molecule has 5 heteroatoms. The lowest BCUT2D eigenvalue weighted by Gasteiger charge is -2.34. The molecule has 1 amide bonds. The molecule has 92 valence electrons. The van der Waals surface area contributed by atoms with E-state index in [-0.39, 0.29) is 11.9 Å². The highest BCUT2D eigenvalue weighted by Crippen LogP contribution is 2.24. The van der Waals surface area contributed by atoms with Gasteiger partial charge in [-0.25, -0.2) is 0 Å². The molecule has 1 aliphatic heterocycles. The SMILES string of the molecule is C[C@@H]1CNCCN1C(=O)c1ccc(Br)c(Cl)c1. The summed E-state index contributed by atoms with van der Waals surface area (Å²) in [6.07, 6.45) is 0. The maximum absolute atomic E-state index is 12.3. The molecule has 1 fully saturated rings. The van der Waals surface area contributed by atoms with E-state index in [0.29, 0.717) is 10.6 Å². The van der Waals surface area contributed by atoms with Crippen molar-refractivity contribution in [2.75, 3.05) is 19.6 Å². The van der Waals surface area contributed by atoms with Crippen molar-refractivity contribution in [2.24, 2.45) is 0 Å². The third kappa shape index (κ3) is 2.81. The van der Waals surface area contributed by atoms with Crippen molar-refractivity contribution >= 4 is 33.4 Å². The highest BCUT2D eigenvalue weighted by atomic mass is 79.9. The van der Waals surface area contributed by atoms with Crippen LogP contribution >= 0.6 is 27.5 Å². The molecule has 1 atom stereocenters. The molecule has 1 N–H and O–H groups in total. The molecule has 0 radical (unpaired) electrons. The van der Waals surface area contributed by atoms with Crippen molar-refractivity contribution in [2.45, 2.75) is 13.0 Å². The lowest BCUT2D eigenvalue weighted by Crippen LogP contribution is -2.52. The smallest absolute Gasteiger partial charge is 0.254 e. The van der Waals surface area contributed by atoms with Gasteiger partial charge in [0, 0.05) is 35.7 Å². The van der Waals surface area contributed by atoms with Gasteiger partial charge in [-0.3, -0.25) is 4.79 Å². The van der Waals surface area contributed by atoms with Gasteiger partial charge in [-0.2, -0.15) is 0 Å². The van der Waals surface area contributed by atoms with Gasteiger partial charge in [-0.05, 0) is 41.1 Å². The summed E-state index contributed by atoms with van der Waals surface area (Å²) in [4.78, 5) is 14.2. The number of nitrogens with one attached hydrogen (secondary N) is 1. The number of nitrogens with zero attached hydrogens (tertiary/aromatic N) is 1. The zero-order chi connectivity index (χ0) is 12.4. The standard InChI is InChI=1S/C12H14BrClN2O/c1-8-7-15-4-5-16(8)12(17)9-2-3-10(13)11(14)6-9/h2-3,6,8,15H,4-5,7H2,1H3/t8-/m1/s1. The second-order valence-electron chi connectivity index (χ2n) is 4.18. The van der Waals surface area contributed by atoms with Gasteiger partial charge in [0.1, 0.15) is 0 Å². The molecular weight excluding hydrogens is 304 g/mol. The van der Waals surface area contributed by atoms with Crippen LogP contribution in [0, 0.1) is 0 Å². The Kier molecular flexibility index (Phi) is 4.07. The van der Waals surface area contributed by atoms with Crippen LogP contribution in [0.25, 0.3) is 0 Å². The Bertz CT molecular complexity index is 439.